The van der Waals surface area contributed by atoms with Crippen LogP contribution in [-0.4, -0.2) is 43.0 Å². The summed E-state index contributed by atoms with van der Waals surface area (Å²) in [7, 11) is 0. The second kappa shape index (κ2) is 8.98. The molecule has 0 spiro atoms. The lowest BCUT2D eigenvalue weighted by atomic mass is 9.80. The Bertz CT molecular complexity index is 992. The second-order valence-corrected chi connectivity index (χ2v) is 6.56. The molecular weight excluding hydrogens is 378 g/mol. The van der Waals surface area contributed by atoms with Crippen LogP contribution in [0.25, 0.3) is 5.69 Å². The van der Waals surface area contributed by atoms with E-state index < -0.39 is 23.3 Å². The van der Waals surface area contributed by atoms with Crippen LogP contribution < -0.4 is 5.73 Å². The van der Waals surface area contributed by atoms with E-state index in [0.29, 0.717) is 12.2 Å². The SMILES string of the molecule is CC1(C(=O)O)C=CC=C(C(=O)O)C1.NCc1cccc(-n2nccc2C(=O)O)c1. The van der Waals surface area contributed by atoms with Gasteiger partial charge in [-0.25, -0.2) is 14.3 Å². The molecule has 1 aromatic carbocycles. The molecule has 0 radical (unpaired) electrons. The number of aromatic nitrogens is 2. The van der Waals surface area contributed by atoms with Gasteiger partial charge in [-0.2, -0.15) is 5.10 Å². The maximum Gasteiger partial charge on any atom is 0.354 e. The van der Waals surface area contributed by atoms with E-state index >= 15 is 0 Å². The zero-order chi connectivity index (χ0) is 21.6. The van der Waals surface area contributed by atoms with Crippen LogP contribution in [-0.2, 0) is 16.1 Å². The number of carboxylic acids is 3. The number of hydrogen-bond donors (Lipinski definition) is 4. The molecule has 1 heterocycles. The molecule has 3 rings (SSSR count). The highest BCUT2D eigenvalue weighted by molar-refractivity contribution is 5.90. The van der Waals surface area contributed by atoms with Crippen molar-refractivity contribution in [2.45, 2.75) is 19.9 Å². The van der Waals surface area contributed by atoms with Gasteiger partial charge in [0, 0.05) is 12.1 Å². The van der Waals surface area contributed by atoms with Crippen LogP contribution in [0, 0.1) is 5.41 Å². The van der Waals surface area contributed by atoms with E-state index in [9.17, 15) is 14.4 Å². The van der Waals surface area contributed by atoms with E-state index in [1.54, 1.807) is 6.07 Å². The largest absolute Gasteiger partial charge is 0.481 e. The first-order valence-electron chi connectivity index (χ1n) is 8.59. The fourth-order valence-electron chi connectivity index (χ4n) is 2.67. The van der Waals surface area contributed by atoms with Gasteiger partial charge in [0.1, 0.15) is 0 Å². The molecule has 2 aromatic rings. The Kier molecular flexibility index (Phi) is 6.68. The van der Waals surface area contributed by atoms with Crippen LogP contribution in [0.1, 0.15) is 29.4 Å². The number of benzene rings is 1. The molecule has 1 unspecified atom stereocenters. The number of carbonyl (C=O) groups is 3. The lowest BCUT2D eigenvalue weighted by Crippen LogP contribution is -2.28. The first-order valence-corrected chi connectivity index (χ1v) is 8.59. The van der Waals surface area contributed by atoms with E-state index in [2.05, 4.69) is 5.10 Å². The van der Waals surface area contributed by atoms with Crippen molar-refractivity contribution in [3.63, 3.8) is 0 Å². The standard InChI is InChI=1S/C11H11N3O2.C9H10O4/c12-7-8-2-1-3-9(6-8)14-10(11(15)16)4-5-13-14;1-9(8(12)13)4-2-3-6(5-9)7(10)11/h1-6H,7,12H2,(H,15,16);2-4H,5H2,1H3,(H,10,11)(H,12,13). The lowest BCUT2D eigenvalue weighted by Gasteiger charge is -2.23. The Morgan fingerprint density at radius 2 is 1.90 bits per heavy atom. The Balaban J connectivity index is 0.000000212. The second-order valence-electron chi connectivity index (χ2n) is 6.56. The van der Waals surface area contributed by atoms with Gasteiger partial charge in [0.2, 0.25) is 0 Å². The van der Waals surface area contributed by atoms with E-state index in [-0.39, 0.29) is 17.7 Å². The van der Waals surface area contributed by atoms with Crippen molar-refractivity contribution < 1.29 is 29.7 Å². The molecule has 152 valence electrons. The average Bonchev–Trinajstić information content (AvgIpc) is 3.19. The molecular formula is C20H21N3O6. The van der Waals surface area contributed by atoms with Crippen molar-refractivity contribution in [1.29, 1.82) is 0 Å². The highest BCUT2D eigenvalue weighted by Gasteiger charge is 2.34. The Morgan fingerprint density at radius 3 is 2.48 bits per heavy atom. The molecule has 0 bridgehead atoms. The zero-order valence-corrected chi connectivity index (χ0v) is 15.6. The van der Waals surface area contributed by atoms with Gasteiger partial charge in [-0.1, -0.05) is 30.4 Å². The van der Waals surface area contributed by atoms with E-state index in [1.807, 2.05) is 18.2 Å². The van der Waals surface area contributed by atoms with Crippen molar-refractivity contribution >= 4 is 17.9 Å². The van der Waals surface area contributed by atoms with Crippen molar-refractivity contribution in [2.24, 2.45) is 11.1 Å². The van der Waals surface area contributed by atoms with Gasteiger partial charge in [0.25, 0.3) is 0 Å². The quantitative estimate of drug-likeness (QED) is 0.595. The summed E-state index contributed by atoms with van der Waals surface area (Å²) < 4.78 is 1.38. The van der Waals surface area contributed by atoms with Crippen LogP contribution in [0.4, 0.5) is 0 Å². The number of nitrogens with two attached hydrogens (primary N) is 1. The molecule has 1 aliphatic rings. The monoisotopic (exact) mass is 399 g/mol. The minimum absolute atomic E-state index is 0.0359. The first kappa shape index (κ1) is 21.6. The number of carboxylic acid groups (broad SMARTS) is 3. The van der Waals surface area contributed by atoms with Crippen molar-refractivity contribution in [1.82, 2.24) is 9.78 Å². The van der Waals surface area contributed by atoms with Crippen molar-refractivity contribution in [3.05, 3.63) is 71.6 Å². The van der Waals surface area contributed by atoms with Crippen molar-refractivity contribution in [3.8, 4) is 5.69 Å². The fourth-order valence-corrected chi connectivity index (χ4v) is 2.67. The molecule has 1 aliphatic carbocycles. The first-order chi connectivity index (χ1) is 13.7. The van der Waals surface area contributed by atoms with E-state index in [1.165, 1.54) is 42.1 Å². The Hall–Kier alpha value is -3.72. The average molecular weight is 399 g/mol. The molecule has 0 saturated heterocycles. The highest BCUT2D eigenvalue weighted by Crippen LogP contribution is 2.31. The maximum atomic E-state index is 10.9. The van der Waals surface area contributed by atoms with Crippen molar-refractivity contribution in [2.75, 3.05) is 0 Å². The molecule has 9 nitrogen and oxygen atoms in total. The van der Waals surface area contributed by atoms with Gasteiger partial charge >= 0.3 is 17.9 Å². The van der Waals surface area contributed by atoms with Gasteiger partial charge in [-0.15, -0.1) is 0 Å². The number of nitrogens with zero attached hydrogens (tertiary/aromatic N) is 2. The van der Waals surface area contributed by atoms with Gasteiger partial charge < -0.3 is 21.1 Å². The number of aromatic carboxylic acids is 1. The Morgan fingerprint density at radius 1 is 1.17 bits per heavy atom. The zero-order valence-electron chi connectivity index (χ0n) is 15.6. The summed E-state index contributed by atoms with van der Waals surface area (Å²) >= 11 is 0. The minimum Gasteiger partial charge on any atom is -0.481 e. The molecule has 1 aromatic heterocycles. The highest BCUT2D eigenvalue weighted by atomic mass is 16.4. The molecule has 0 amide bonds. The lowest BCUT2D eigenvalue weighted by molar-refractivity contribution is -0.145. The number of hydrogen-bond acceptors (Lipinski definition) is 5. The molecule has 9 heteroatoms. The smallest absolute Gasteiger partial charge is 0.354 e. The summed E-state index contributed by atoms with van der Waals surface area (Å²) in [4.78, 5) is 32.3. The van der Waals surface area contributed by atoms with Gasteiger partial charge in [0.05, 0.1) is 17.3 Å². The predicted molar refractivity (Wildman–Crippen MR) is 104 cm³/mol. The maximum absolute atomic E-state index is 10.9. The summed E-state index contributed by atoms with van der Waals surface area (Å²) in [6.45, 7) is 1.92. The molecule has 0 saturated carbocycles. The summed E-state index contributed by atoms with van der Waals surface area (Å²) in [5.74, 6) is -3.07. The van der Waals surface area contributed by atoms with Gasteiger partial charge in [-0.05, 0) is 37.1 Å². The third-order valence-electron chi connectivity index (χ3n) is 4.34. The third kappa shape index (κ3) is 5.17. The fraction of sp³-hybridized carbons (Fsp3) is 0.200. The Labute approximate surface area is 166 Å². The van der Waals surface area contributed by atoms with Crippen LogP contribution in [0.2, 0.25) is 0 Å². The summed E-state index contributed by atoms with van der Waals surface area (Å²) in [6, 6.07) is 8.77. The number of aliphatic carboxylic acids is 2. The summed E-state index contributed by atoms with van der Waals surface area (Å²) in [5, 5.41) is 30.4. The predicted octanol–water partition coefficient (Wildman–Crippen LogP) is 2.08. The number of allylic oxidation sites excluding steroid dienone is 2. The van der Waals surface area contributed by atoms with E-state index in [0.717, 1.165) is 5.56 Å². The van der Waals surface area contributed by atoms with Crippen LogP contribution in [0.15, 0.2) is 60.3 Å². The van der Waals surface area contributed by atoms with Crippen LogP contribution in [0.3, 0.4) is 0 Å². The molecule has 5 N–H and O–H groups in total. The minimum atomic E-state index is -1.08. The normalized spacial score (nSPS) is 17.7. The van der Waals surface area contributed by atoms with E-state index in [4.69, 9.17) is 21.1 Å². The molecule has 0 fully saturated rings. The van der Waals surface area contributed by atoms with Gasteiger partial charge in [-0.3, -0.25) is 4.79 Å². The van der Waals surface area contributed by atoms with Gasteiger partial charge in [0.15, 0.2) is 5.69 Å². The summed E-state index contributed by atoms with van der Waals surface area (Å²) in [5.41, 5.74) is 6.34. The van der Waals surface area contributed by atoms with Crippen LogP contribution >= 0.6 is 0 Å². The van der Waals surface area contributed by atoms with Crippen LogP contribution in [0.5, 0.6) is 0 Å². The third-order valence-corrected chi connectivity index (χ3v) is 4.34. The topological polar surface area (TPSA) is 156 Å². The molecule has 1 atom stereocenters. The molecule has 29 heavy (non-hydrogen) atoms. The molecule has 0 aliphatic heterocycles. The number of rotatable bonds is 5. The summed E-state index contributed by atoms with van der Waals surface area (Å²) in [6.07, 6.45) is 5.89.